The lowest BCUT2D eigenvalue weighted by atomic mass is 9.91. The Bertz CT molecular complexity index is 1280. The van der Waals surface area contributed by atoms with Crippen LogP contribution in [0, 0.1) is 25.7 Å². The first-order valence-corrected chi connectivity index (χ1v) is 11.4. The minimum absolute atomic E-state index is 0.0515. The number of carbonyl (C=O) groups excluding carboxylic acids is 2. The highest BCUT2D eigenvalue weighted by molar-refractivity contribution is 6.08. The third-order valence-corrected chi connectivity index (χ3v) is 6.43. The number of nitrogens with one attached hydrogen (secondary N) is 1. The van der Waals surface area contributed by atoms with E-state index >= 15 is 0 Å². The number of fused-ring (bicyclic) bond motifs is 1. The van der Waals surface area contributed by atoms with Gasteiger partial charge in [0.15, 0.2) is 11.5 Å². The van der Waals surface area contributed by atoms with Gasteiger partial charge in [-0.2, -0.15) is 5.10 Å². The molecule has 0 radical (unpaired) electrons. The third-order valence-electron chi connectivity index (χ3n) is 6.43. The van der Waals surface area contributed by atoms with Gasteiger partial charge in [0.1, 0.15) is 0 Å². The van der Waals surface area contributed by atoms with Crippen LogP contribution in [0.1, 0.15) is 52.5 Å². The number of nitrogens with zero attached hydrogens (tertiary/aromatic N) is 4. The van der Waals surface area contributed by atoms with E-state index < -0.39 is 5.91 Å². The SMILES string of the molecule is Cc1cc(C(=O)CN2C[C@H](C)C[C@@H](C)C2)c(C)n1NC(=O)c1nn(C)c(=O)c2ccccc12. The molecule has 3 aromatic rings. The normalized spacial score (nSPS) is 19.1. The molecule has 174 valence electrons. The van der Waals surface area contributed by atoms with Crippen LogP contribution in [0.5, 0.6) is 0 Å². The molecule has 33 heavy (non-hydrogen) atoms. The molecule has 0 bridgehead atoms. The molecule has 8 heteroatoms. The molecule has 1 fully saturated rings. The first-order valence-electron chi connectivity index (χ1n) is 11.4. The van der Waals surface area contributed by atoms with Crippen LogP contribution in [-0.4, -0.2) is 50.7 Å². The van der Waals surface area contributed by atoms with Gasteiger partial charge >= 0.3 is 0 Å². The van der Waals surface area contributed by atoms with Crippen LogP contribution < -0.4 is 11.0 Å². The number of piperidine rings is 1. The maximum absolute atomic E-state index is 13.2. The fraction of sp³-hybridized carbons (Fsp3) is 0.440. The lowest BCUT2D eigenvalue weighted by Crippen LogP contribution is -2.41. The summed E-state index contributed by atoms with van der Waals surface area (Å²) in [7, 11) is 1.52. The summed E-state index contributed by atoms with van der Waals surface area (Å²) in [4.78, 5) is 40.9. The number of hydrogen-bond acceptors (Lipinski definition) is 5. The molecule has 1 saturated heterocycles. The molecule has 1 amide bonds. The zero-order valence-corrected chi connectivity index (χ0v) is 19.9. The van der Waals surface area contributed by atoms with E-state index in [-0.39, 0.29) is 17.0 Å². The standard InChI is InChI=1S/C25H31N5O3/c1-15-10-16(2)13-29(12-15)14-22(31)21-11-17(3)30(18(21)4)27-24(32)23-19-8-6-7-9-20(19)25(33)28(5)26-23/h6-9,11,15-16H,10,12-14H2,1-5H3,(H,27,32)/t15-,16-/m1/s1. The molecule has 0 unspecified atom stereocenters. The van der Waals surface area contributed by atoms with Gasteiger partial charge in [0.05, 0.1) is 11.9 Å². The van der Waals surface area contributed by atoms with Crippen molar-refractivity contribution in [1.29, 1.82) is 0 Å². The van der Waals surface area contributed by atoms with Crippen molar-refractivity contribution in [3.05, 3.63) is 63.3 Å². The molecule has 0 spiro atoms. The first kappa shape index (κ1) is 22.9. The Morgan fingerprint density at radius 1 is 1.09 bits per heavy atom. The fourth-order valence-corrected chi connectivity index (χ4v) is 5.05. The van der Waals surface area contributed by atoms with E-state index in [1.165, 1.54) is 18.2 Å². The van der Waals surface area contributed by atoms with E-state index in [0.29, 0.717) is 40.4 Å². The van der Waals surface area contributed by atoms with E-state index in [4.69, 9.17) is 0 Å². The quantitative estimate of drug-likeness (QED) is 0.605. The first-order chi connectivity index (χ1) is 15.7. The van der Waals surface area contributed by atoms with Crippen molar-refractivity contribution in [3.63, 3.8) is 0 Å². The van der Waals surface area contributed by atoms with E-state index in [0.717, 1.165) is 18.8 Å². The molecule has 0 aliphatic carbocycles. The molecule has 1 aliphatic heterocycles. The summed E-state index contributed by atoms with van der Waals surface area (Å²) in [5.74, 6) is 0.770. The molecule has 1 N–H and O–H groups in total. The number of benzene rings is 1. The second kappa shape index (κ2) is 8.94. The Hall–Kier alpha value is -3.26. The van der Waals surface area contributed by atoms with Crippen LogP contribution in [0.25, 0.3) is 10.8 Å². The van der Waals surface area contributed by atoms with E-state index in [1.54, 1.807) is 28.9 Å². The van der Waals surface area contributed by atoms with Gasteiger partial charge in [-0.05, 0) is 44.2 Å². The molecule has 8 nitrogen and oxygen atoms in total. The maximum Gasteiger partial charge on any atom is 0.291 e. The summed E-state index contributed by atoms with van der Waals surface area (Å²) >= 11 is 0. The summed E-state index contributed by atoms with van der Waals surface area (Å²) in [5, 5.41) is 5.12. The molecule has 1 aliphatic rings. The summed E-state index contributed by atoms with van der Waals surface area (Å²) in [6, 6.07) is 8.74. The zero-order valence-electron chi connectivity index (χ0n) is 19.9. The van der Waals surface area contributed by atoms with Gasteiger partial charge in [-0.15, -0.1) is 0 Å². The number of hydrogen-bond donors (Lipinski definition) is 1. The molecule has 2 atom stereocenters. The predicted octanol–water partition coefficient (Wildman–Crippen LogP) is 2.90. The molecule has 0 saturated carbocycles. The van der Waals surface area contributed by atoms with Gasteiger partial charge in [0.2, 0.25) is 0 Å². The average molecular weight is 450 g/mol. The highest BCUT2D eigenvalue weighted by atomic mass is 16.2. The zero-order chi connectivity index (χ0) is 23.9. The Balaban J connectivity index is 1.59. The number of aryl methyl sites for hydroxylation is 2. The molecule has 2 aromatic heterocycles. The smallest absolute Gasteiger partial charge is 0.291 e. The van der Waals surface area contributed by atoms with Gasteiger partial charge in [0, 0.05) is 42.5 Å². The number of Topliss-reactive ketones (excluding diaryl/α,β-unsaturated/α-hetero) is 1. The van der Waals surface area contributed by atoms with Gasteiger partial charge < -0.3 is 0 Å². The Labute approximate surface area is 193 Å². The van der Waals surface area contributed by atoms with E-state index in [9.17, 15) is 14.4 Å². The van der Waals surface area contributed by atoms with Crippen LogP contribution in [0.3, 0.4) is 0 Å². The monoisotopic (exact) mass is 449 g/mol. The second-order valence-corrected chi connectivity index (χ2v) is 9.45. The third kappa shape index (κ3) is 4.48. The van der Waals surface area contributed by atoms with Crippen LogP contribution in [-0.2, 0) is 7.05 Å². The van der Waals surface area contributed by atoms with Crippen molar-refractivity contribution in [2.45, 2.75) is 34.1 Å². The Morgan fingerprint density at radius 3 is 2.39 bits per heavy atom. The molecule has 3 heterocycles. The number of ketones is 1. The topological polar surface area (TPSA) is 89.2 Å². The Kier molecular flexibility index (Phi) is 6.21. The largest absolute Gasteiger partial charge is 0.295 e. The number of likely N-dealkylation sites (tertiary alicyclic amines) is 1. The molecular formula is C25H31N5O3. The fourth-order valence-electron chi connectivity index (χ4n) is 5.05. The van der Waals surface area contributed by atoms with Gasteiger partial charge in [0.25, 0.3) is 11.5 Å². The van der Waals surface area contributed by atoms with Crippen molar-refractivity contribution in [2.75, 3.05) is 25.1 Å². The summed E-state index contributed by atoms with van der Waals surface area (Å²) in [6.07, 6.45) is 1.19. The second-order valence-electron chi connectivity index (χ2n) is 9.45. The van der Waals surface area contributed by atoms with Crippen molar-refractivity contribution >= 4 is 22.5 Å². The molecule has 1 aromatic carbocycles. The van der Waals surface area contributed by atoms with Gasteiger partial charge in [-0.25, -0.2) is 4.68 Å². The lowest BCUT2D eigenvalue weighted by Gasteiger charge is -2.34. The van der Waals surface area contributed by atoms with Crippen molar-refractivity contribution in [3.8, 4) is 0 Å². The van der Waals surface area contributed by atoms with Crippen molar-refractivity contribution < 1.29 is 9.59 Å². The summed E-state index contributed by atoms with van der Waals surface area (Å²) in [6.45, 7) is 10.4. The van der Waals surface area contributed by atoms with E-state index in [2.05, 4.69) is 29.3 Å². The highest BCUT2D eigenvalue weighted by Crippen LogP contribution is 2.22. The minimum Gasteiger partial charge on any atom is -0.295 e. The van der Waals surface area contributed by atoms with Crippen LogP contribution in [0.2, 0.25) is 0 Å². The number of amides is 1. The minimum atomic E-state index is -0.443. The molecule has 4 rings (SSSR count). The highest BCUT2D eigenvalue weighted by Gasteiger charge is 2.26. The van der Waals surface area contributed by atoms with Crippen molar-refractivity contribution in [2.24, 2.45) is 18.9 Å². The number of aromatic nitrogens is 3. The summed E-state index contributed by atoms with van der Waals surface area (Å²) < 4.78 is 2.79. The van der Waals surface area contributed by atoms with Gasteiger partial charge in [-0.3, -0.25) is 29.4 Å². The summed E-state index contributed by atoms with van der Waals surface area (Å²) in [5.41, 5.74) is 4.79. The van der Waals surface area contributed by atoms with Crippen LogP contribution in [0.15, 0.2) is 35.1 Å². The number of rotatable bonds is 5. The van der Waals surface area contributed by atoms with Crippen molar-refractivity contribution in [1.82, 2.24) is 19.4 Å². The van der Waals surface area contributed by atoms with E-state index in [1.807, 2.05) is 19.9 Å². The lowest BCUT2D eigenvalue weighted by molar-refractivity contribution is 0.0848. The average Bonchev–Trinajstić information content (AvgIpc) is 3.04. The predicted molar refractivity (Wildman–Crippen MR) is 128 cm³/mol. The maximum atomic E-state index is 13.2. The van der Waals surface area contributed by atoms with Crippen LogP contribution >= 0.6 is 0 Å². The number of carbonyl (C=O) groups is 2. The molecular weight excluding hydrogens is 418 g/mol. The van der Waals surface area contributed by atoms with Crippen LogP contribution in [0.4, 0.5) is 0 Å². The Morgan fingerprint density at radius 2 is 1.73 bits per heavy atom. The van der Waals surface area contributed by atoms with Gasteiger partial charge in [-0.1, -0.05) is 32.0 Å².